The molecule has 0 radical (unpaired) electrons. The van der Waals surface area contributed by atoms with Gasteiger partial charge in [-0.1, -0.05) is 48.5 Å². The van der Waals surface area contributed by atoms with Crippen molar-refractivity contribution < 1.29 is 0 Å². The number of likely N-dealkylation sites (N-methyl/N-ethyl adjacent to an activating group) is 1. The topological polar surface area (TPSA) is 22.3 Å². The summed E-state index contributed by atoms with van der Waals surface area (Å²) in [5.74, 6) is 0. The molecule has 1 aromatic heterocycles. The van der Waals surface area contributed by atoms with Gasteiger partial charge in [0.1, 0.15) is 0 Å². The van der Waals surface area contributed by atoms with Crippen LogP contribution >= 0.6 is 0 Å². The number of nitrogens with zero attached hydrogens (tertiary/aromatic N) is 2. The molecule has 1 fully saturated rings. The van der Waals surface area contributed by atoms with Gasteiger partial charge < -0.3 is 14.8 Å². The first-order valence-electron chi connectivity index (χ1n) is 8.87. The molecule has 2 aromatic carbocycles. The molecule has 1 N–H and O–H groups in total. The summed E-state index contributed by atoms with van der Waals surface area (Å²) in [5, 5.41) is 1.37. The fourth-order valence-electron chi connectivity index (χ4n) is 3.65. The van der Waals surface area contributed by atoms with Crippen LogP contribution in [0.4, 0.5) is 0 Å². The number of hydrogen-bond acceptors (Lipinski definition) is 2. The Morgan fingerprint density at radius 3 is 2.38 bits per heavy atom. The zero-order valence-electron chi connectivity index (χ0n) is 14.3. The maximum absolute atomic E-state index is 3.65. The third-order valence-corrected chi connectivity index (χ3v) is 5.15. The minimum absolute atomic E-state index is 1.10. The van der Waals surface area contributed by atoms with E-state index in [9.17, 15) is 0 Å². The van der Waals surface area contributed by atoms with Gasteiger partial charge in [-0.15, -0.1) is 0 Å². The average molecular weight is 319 g/mol. The minimum atomic E-state index is 1.10. The van der Waals surface area contributed by atoms with E-state index in [0.717, 1.165) is 13.0 Å². The normalized spacial score (nSPS) is 16.7. The Morgan fingerprint density at radius 1 is 0.875 bits per heavy atom. The summed E-state index contributed by atoms with van der Waals surface area (Å²) in [6.07, 6.45) is 1.10. The van der Waals surface area contributed by atoms with Gasteiger partial charge in [0.15, 0.2) is 0 Å². The lowest BCUT2D eigenvalue weighted by atomic mass is 10.0. The van der Waals surface area contributed by atoms with Crippen LogP contribution in [-0.2, 0) is 6.42 Å². The van der Waals surface area contributed by atoms with E-state index in [1.54, 1.807) is 0 Å². The molecule has 1 aliphatic heterocycles. The Bertz CT molecular complexity index is 798. The van der Waals surface area contributed by atoms with E-state index >= 15 is 0 Å². The van der Waals surface area contributed by atoms with Gasteiger partial charge in [0, 0.05) is 49.3 Å². The molecule has 2 heterocycles. The zero-order valence-corrected chi connectivity index (χ0v) is 14.3. The van der Waals surface area contributed by atoms with E-state index in [0.29, 0.717) is 0 Å². The van der Waals surface area contributed by atoms with E-state index in [1.165, 1.54) is 53.9 Å². The Balaban J connectivity index is 1.63. The molecule has 0 atom stereocenters. The lowest BCUT2D eigenvalue weighted by Crippen LogP contribution is -2.45. The van der Waals surface area contributed by atoms with Crippen molar-refractivity contribution >= 4 is 10.9 Å². The highest BCUT2D eigenvalue weighted by Crippen LogP contribution is 2.30. The summed E-state index contributed by atoms with van der Waals surface area (Å²) in [4.78, 5) is 8.66. The van der Waals surface area contributed by atoms with Crippen molar-refractivity contribution in [2.75, 3.05) is 39.8 Å². The molecule has 0 saturated carbocycles. The van der Waals surface area contributed by atoms with Crippen molar-refractivity contribution in [2.45, 2.75) is 6.42 Å². The van der Waals surface area contributed by atoms with Gasteiger partial charge in [-0.3, -0.25) is 0 Å². The van der Waals surface area contributed by atoms with Gasteiger partial charge >= 0.3 is 0 Å². The second-order valence-electron chi connectivity index (χ2n) is 6.79. The summed E-state index contributed by atoms with van der Waals surface area (Å²) in [6, 6.07) is 19.4. The summed E-state index contributed by atoms with van der Waals surface area (Å²) in [7, 11) is 2.21. The summed E-state index contributed by atoms with van der Waals surface area (Å²) >= 11 is 0. The number of rotatable bonds is 4. The SMILES string of the molecule is CN1CCN(CCc2c(-c3ccccc3)[nH]c3ccccc23)CC1. The van der Waals surface area contributed by atoms with Crippen LogP contribution in [-0.4, -0.2) is 54.6 Å². The number of hydrogen-bond donors (Lipinski definition) is 1. The molecule has 0 spiro atoms. The predicted molar refractivity (Wildman–Crippen MR) is 101 cm³/mol. The number of nitrogens with one attached hydrogen (secondary N) is 1. The Kier molecular flexibility index (Phi) is 4.37. The summed E-state index contributed by atoms with van der Waals surface area (Å²) < 4.78 is 0. The van der Waals surface area contributed by atoms with E-state index in [4.69, 9.17) is 0 Å². The maximum atomic E-state index is 3.65. The quantitative estimate of drug-likeness (QED) is 0.793. The number of piperazine rings is 1. The van der Waals surface area contributed by atoms with Gasteiger partial charge in [0.25, 0.3) is 0 Å². The van der Waals surface area contributed by atoms with Crippen molar-refractivity contribution in [3.63, 3.8) is 0 Å². The van der Waals surface area contributed by atoms with Gasteiger partial charge in [-0.25, -0.2) is 0 Å². The number of aromatic nitrogens is 1. The third-order valence-electron chi connectivity index (χ3n) is 5.15. The molecule has 3 nitrogen and oxygen atoms in total. The fourth-order valence-corrected chi connectivity index (χ4v) is 3.65. The smallest absolute Gasteiger partial charge is 0.0497 e. The van der Waals surface area contributed by atoms with Crippen LogP contribution in [0.1, 0.15) is 5.56 Å². The maximum Gasteiger partial charge on any atom is 0.0497 e. The third kappa shape index (κ3) is 3.10. The van der Waals surface area contributed by atoms with Crippen molar-refractivity contribution in [1.82, 2.24) is 14.8 Å². The molecule has 1 saturated heterocycles. The van der Waals surface area contributed by atoms with Crippen LogP contribution < -0.4 is 0 Å². The van der Waals surface area contributed by atoms with E-state index in [2.05, 4.69) is 76.4 Å². The van der Waals surface area contributed by atoms with Crippen molar-refractivity contribution in [2.24, 2.45) is 0 Å². The Labute approximate surface area is 143 Å². The number of aromatic amines is 1. The lowest BCUT2D eigenvalue weighted by molar-refractivity contribution is 0.155. The highest BCUT2D eigenvalue weighted by Gasteiger charge is 2.17. The molecule has 4 rings (SSSR count). The number of H-pyrrole nitrogens is 1. The molecule has 0 unspecified atom stereocenters. The predicted octanol–water partition coefficient (Wildman–Crippen LogP) is 3.62. The second kappa shape index (κ2) is 6.80. The summed E-state index contributed by atoms with van der Waals surface area (Å²) in [6.45, 7) is 5.85. The van der Waals surface area contributed by atoms with Gasteiger partial charge in [0.2, 0.25) is 0 Å². The molecule has 0 aliphatic carbocycles. The van der Waals surface area contributed by atoms with Crippen molar-refractivity contribution in [1.29, 1.82) is 0 Å². The first-order chi connectivity index (χ1) is 11.8. The Morgan fingerprint density at radius 2 is 1.58 bits per heavy atom. The fraction of sp³-hybridized carbons (Fsp3) is 0.333. The van der Waals surface area contributed by atoms with Crippen molar-refractivity contribution in [3.8, 4) is 11.3 Å². The van der Waals surface area contributed by atoms with E-state index < -0.39 is 0 Å². The van der Waals surface area contributed by atoms with E-state index in [-0.39, 0.29) is 0 Å². The Hall–Kier alpha value is -2.10. The molecular formula is C21H25N3. The molecule has 3 heteroatoms. The van der Waals surface area contributed by atoms with E-state index in [1.807, 2.05) is 0 Å². The monoisotopic (exact) mass is 319 g/mol. The van der Waals surface area contributed by atoms with Crippen LogP contribution in [0, 0.1) is 0 Å². The van der Waals surface area contributed by atoms with Gasteiger partial charge in [-0.05, 0) is 30.7 Å². The lowest BCUT2D eigenvalue weighted by Gasteiger charge is -2.32. The zero-order chi connectivity index (χ0) is 16.4. The minimum Gasteiger partial charge on any atom is -0.354 e. The van der Waals surface area contributed by atoms with Crippen LogP contribution in [0.5, 0.6) is 0 Å². The summed E-state index contributed by atoms with van der Waals surface area (Å²) in [5.41, 5.74) is 5.26. The van der Waals surface area contributed by atoms with Gasteiger partial charge in [0.05, 0.1) is 0 Å². The average Bonchev–Trinajstić information content (AvgIpc) is 3.01. The first kappa shape index (κ1) is 15.4. The van der Waals surface area contributed by atoms with Crippen LogP contribution in [0.15, 0.2) is 54.6 Å². The highest BCUT2D eigenvalue weighted by atomic mass is 15.2. The van der Waals surface area contributed by atoms with Crippen LogP contribution in [0.25, 0.3) is 22.2 Å². The molecule has 3 aromatic rings. The largest absolute Gasteiger partial charge is 0.354 e. The highest BCUT2D eigenvalue weighted by molar-refractivity contribution is 5.90. The molecule has 0 bridgehead atoms. The number of benzene rings is 2. The number of para-hydroxylation sites is 1. The van der Waals surface area contributed by atoms with Gasteiger partial charge in [-0.2, -0.15) is 0 Å². The molecule has 24 heavy (non-hydrogen) atoms. The van der Waals surface area contributed by atoms with Crippen LogP contribution in [0.2, 0.25) is 0 Å². The van der Waals surface area contributed by atoms with Crippen molar-refractivity contribution in [3.05, 3.63) is 60.2 Å². The molecule has 1 aliphatic rings. The molecule has 124 valence electrons. The first-order valence-corrected chi connectivity index (χ1v) is 8.87. The standard InChI is InChI=1S/C21H25N3/c1-23-13-15-24(16-14-23)12-11-19-18-9-5-6-10-20(18)22-21(19)17-7-3-2-4-8-17/h2-10,22H,11-16H2,1H3. The van der Waals surface area contributed by atoms with Crippen LogP contribution in [0.3, 0.4) is 0 Å². The molecular weight excluding hydrogens is 294 g/mol. The number of fused-ring (bicyclic) bond motifs is 1. The second-order valence-corrected chi connectivity index (χ2v) is 6.79. The molecule has 0 amide bonds.